The molecule has 1 aromatic rings. The Bertz CT molecular complexity index is 486. The first-order chi connectivity index (χ1) is 9.54. The van der Waals surface area contributed by atoms with Gasteiger partial charge in [-0.25, -0.2) is 0 Å². The predicted octanol–water partition coefficient (Wildman–Crippen LogP) is 2.25. The molecular formula is C13H19N3O2S2. The summed E-state index contributed by atoms with van der Waals surface area (Å²) in [6.07, 6.45) is 3.33. The molecule has 7 heteroatoms. The van der Waals surface area contributed by atoms with E-state index in [0.29, 0.717) is 14.9 Å². The number of hydrogen-bond acceptors (Lipinski definition) is 4. The summed E-state index contributed by atoms with van der Waals surface area (Å²) in [5.41, 5.74) is 5.14. The van der Waals surface area contributed by atoms with Crippen molar-refractivity contribution in [3.63, 3.8) is 0 Å². The maximum Gasteiger partial charge on any atom is 0.279 e. The molecule has 0 aliphatic heterocycles. The predicted molar refractivity (Wildman–Crippen MR) is 85.1 cm³/mol. The van der Waals surface area contributed by atoms with Gasteiger partial charge in [-0.15, -0.1) is 11.3 Å². The fraction of sp³-hybridized carbons (Fsp3) is 0.462. The minimum Gasteiger partial charge on any atom is -0.361 e. The van der Waals surface area contributed by atoms with E-state index in [1.807, 2.05) is 0 Å². The molecule has 0 aliphatic rings. The first-order valence-electron chi connectivity index (χ1n) is 6.49. The Labute approximate surface area is 128 Å². The summed E-state index contributed by atoms with van der Waals surface area (Å²) in [6.45, 7) is 4.39. The number of Topliss-reactive ketones (excluding diaryl/α,β-unsaturated/α-hetero) is 1. The van der Waals surface area contributed by atoms with Crippen LogP contribution < -0.4 is 16.2 Å². The zero-order valence-corrected chi connectivity index (χ0v) is 13.2. The van der Waals surface area contributed by atoms with Crippen LogP contribution in [0, 0.1) is 0 Å². The van der Waals surface area contributed by atoms with Gasteiger partial charge in [0.2, 0.25) is 0 Å². The molecule has 110 valence electrons. The Morgan fingerprint density at radius 1 is 1.20 bits per heavy atom. The van der Waals surface area contributed by atoms with Crippen molar-refractivity contribution in [3.05, 3.63) is 21.9 Å². The molecule has 3 N–H and O–H groups in total. The van der Waals surface area contributed by atoms with E-state index in [0.717, 1.165) is 37.1 Å². The van der Waals surface area contributed by atoms with Gasteiger partial charge in [-0.2, -0.15) is 0 Å². The molecule has 1 rings (SSSR count). The number of ketones is 1. The van der Waals surface area contributed by atoms with Crippen LogP contribution in [0.3, 0.4) is 0 Å². The lowest BCUT2D eigenvalue weighted by Gasteiger charge is -2.10. The highest BCUT2D eigenvalue weighted by atomic mass is 32.1. The topological polar surface area (TPSA) is 70.2 Å². The molecule has 0 aliphatic carbocycles. The summed E-state index contributed by atoms with van der Waals surface area (Å²) in [7, 11) is 0. The summed E-state index contributed by atoms with van der Waals surface area (Å²) < 4.78 is 0. The summed E-state index contributed by atoms with van der Waals surface area (Å²) in [4.78, 5) is 24.0. The second kappa shape index (κ2) is 8.65. The summed E-state index contributed by atoms with van der Waals surface area (Å²) in [6, 6.07) is 3.26. The molecular weight excluding hydrogens is 294 g/mol. The van der Waals surface area contributed by atoms with Gasteiger partial charge in [-0.05, 0) is 37.7 Å². The number of hydrazine groups is 1. The zero-order valence-electron chi connectivity index (χ0n) is 11.6. The molecule has 5 nitrogen and oxygen atoms in total. The van der Waals surface area contributed by atoms with Crippen molar-refractivity contribution < 1.29 is 9.59 Å². The molecule has 20 heavy (non-hydrogen) atoms. The van der Waals surface area contributed by atoms with E-state index in [4.69, 9.17) is 12.2 Å². The fourth-order valence-electron chi connectivity index (χ4n) is 1.45. The van der Waals surface area contributed by atoms with Crippen LogP contribution in [0.2, 0.25) is 0 Å². The van der Waals surface area contributed by atoms with E-state index in [9.17, 15) is 9.59 Å². The van der Waals surface area contributed by atoms with E-state index in [1.54, 1.807) is 12.1 Å². The van der Waals surface area contributed by atoms with Crippen molar-refractivity contribution in [2.24, 2.45) is 0 Å². The summed E-state index contributed by atoms with van der Waals surface area (Å²) in [5, 5.41) is 3.39. The standard InChI is InChI=1S/C13H19N3O2S2/c1-3-4-5-8-14-13(19)16-15-12(18)11-7-6-10(20-11)9(2)17/h6-7H,3-5,8H2,1-2H3,(H,15,18)(H2,14,16,19). The number of carbonyl (C=O) groups is 2. The van der Waals surface area contributed by atoms with Gasteiger partial charge in [-0.3, -0.25) is 20.4 Å². The number of thiocarbonyl (C=S) groups is 1. The number of hydrogen-bond donors (Lipinski definition) is 3. The molecule has 0 bridgehead atoms. The number of thiophene rings is 1. The largest absolute Gasteiger partial charge is 0.361 e. The van der Waals surface area contributed by atoms with E-state index < -0.39 is 0 Å². The van der Waals surface area contributed by atoms with E-state index >= 15 is 0 Å². The molecule has 1 aromatic heterocycles. The van der Waals surface area contributed by atoms with Crippen LogP contribution in [0.1, 0.15) is 52.5 Å². The van der Waals surface area contributed by atoms with Crippen LogP contribution in [0.25, 0.3) is 0 Å². The van der Waals surface area contributed by atoms with Crippen molar-refractivity contribution in [2.75, 3.05) is 6.54 Å². The number of amides is 1. The number of rotatable bonds is 6. The third-order valence-electron chi connectivity index (χ3n) is 2.53. The quantitative estimate of drug-likeness (QED) is 0.325. The molecule has 0 unspecified atom stereocenters. The van der Waals surface area contributed by atoms with Crippen LogP contribution >= 0.6 is 23.6 Å². The van der Waals surface area contributed by atoms with Gasteiger partial charge in [0, 0.05) is 6.54 Å². The average molecular weight is 313 g/mol. The number of unbranched alkanes of at least 4 members (excludes halogenated alkanes) is 2. The smallest absolute Gasteiger partial charge is 0.279 e. The first kappa shape index (κ1) is 16.6. The maximum absolute atomic E-state index is 11.8. The molecule has 0 radical (unpaired) electrons. The van der Waals surface area contributed by atoms with Crippen LogP contribution in [0.4, 0.5) is 0 Å². The number of carbonyl (C=O) groups excluding carboxylic acids is 2. The molecule has 0 spiro atoms. The van der Waals surface area contributed by atoms with Crippen molar-refractivity contribution >= 4 is 40.4 Å². The Balaban J connectivity index is 2.31. The molecule has 1 heterocycles. The van der Waals surface area contributed by atoms with Crippen molar-refractivity contribution in [1.82, 2.24) is 16.2 Å². The van der Waals surface area contributed by atoms with E-state index in [-0.39, 0.29) is 11.7 Å². The third kappa shape index (κ3) is 5.66. The lowest BCUT2D eigenvalue weighted by molar-refractivity contribution is 0.0947. The van der Waals surface area contributed by atoms with Crippen molar-refractivity contribution in [2.45, 2.75) is 33.1 Å². The van der Waals surface area contributed by atoms with Gasteiger partial charge < -0.3 is 5.32 Å². The Hall–Kier alpha value is -1.47. The summed E-state index contributed by atoms with van der Waals surface area (Å²) in [5.74, 6) is -0.352. The van der Waals surface area contributed by atoms with Gasteiger partial charge in [0.25, 0.3) is 5.91 Å². The van der Waals surface area contributed by atoms with Gasteiger partial charge in [-0.1, -0.05) is 19.8 Å². The minimum absolute atomic E-state index is 0.0462. The highest BCUT2D eigenvalue weighted by molar-refractivity contribution is 7.80. The fourth-order valence-corrected chi connectivity index (χ4v) is 2.40. The highest BCUT2D eigenvalue weighted by Gasteiger charge is 2.11. The molecule has 0 atom stereocenters. The molecule has 0 fully saturated rings. The molecule has 1 amide bonds. The normalized spacial score (nSPS) is 9.90. The first-order valence-corrected chi connectivity index (χ1v) is 7.72. The van der Waals surface area contributed by atoms with Crippen LogP contribution in [-0.2, 0) is 0 Å². The summed E-state index contributed by atoms with van der Waals surface area (Å²) >= 11 is 6.19. The second-order valence-corrected chi connectivity index (χ2v) is 5.75. The van der Waals surface area contributed by atoms with Crippen molar-refractivity contribution in [3.8, 4) is 0 Å². The van der Waals surface area contributed by atoms with Gasteiger partial charge in [0.1, 0.15) is 0 Å². The Morgan fingerprint density at radius 2 is 1.90 bits per heavy atom. The Kier molecular flexibility index (Phi) is 7.17. The third-order valence-corrected chi connectivity index (χ3v) is 3.96. The van der Waals surface area contributed by atoms with Gasteiger partial charge >= 0.3 is 0 Å². The molecule has 0 aromatic carbocycles. The lowest BCUT2D eigenvalue weighted by atomic mass is 10.2. The maximum atomic E-state index is 11.8. The van der Waals surface area contributed by atoms with E-state index in [1.165, 1.54) is 6.92 Å². The lowest BCUT2D eigenvalue weighted by Crippen LogP contribution is -2.46. The van der Waals surface area contributed by atoms with Gasteiger partial charge in [0.05, 0.1) is 9.75 Å². The molecule has 0 saturated carbocycles. The highest BCUT2D eigenvalue weighted by Crippen LogP contribution is 2.16. The SMILES string of the molecule is CCCCCNC(=S)NNC(=O)c1ccc(C(C)=O)s1. The van der Waals surface area contributed by atoms with Gasteiger partial charge in [0.15, 0.2) is 10.9 Å². The van der Waals surface area contributed by atoms with Crippen LogP contribution in [0.5, 0.6) is 0 Å². The zero-order chi connectivity index (χ0) is 15.0. The van der Waals surface area contributed by atoms with Crippen LogP contribution in [-0.4, -0.2) is 23.3 Å². The average Bonchev–Trinajstić information content (AvgIpc) is 2.91. The Morgan fingerprint density at radius 3 is 2.50 bits per heavy atom. The van der Waals surface area contributed by atoms with E-state index in [2.05, 4.69) is 23.1 Å². The number of nitrogens with one attached hydrogen (secondary N) is 3. The van der Waals surface area contributed by atoms with Crippen molar-refractivity contribution in [1.29, 1.82) is 0 Å². The second-order valence-electron chi connectivity index (χ2n) is 4.26. The van der Waals surface area contributed by atoms with Crippen LogP contribution in [0.15, 0.2) is 12.1 Å². The molecule has 0 saturated heterocycles. The monoisotopic (exact) mass is 313 g/mol. The minimum atomic E-state index is -0.305.